The topological polar surface area (TPSA) is 80.9 Å². The van der Waals surface area contributed by atoms with Crippen molar-refractivity contribution < 1.29 is 9.21 Å². The van der Waals surface area contributed by atoms with E-state index in [2.05, 4.69) is 20.3 Å². The Balaban J connectivity index is 1.98. The number of carbonyl (C=O) groups excluding carboxylic acids is 1. The quantitative estimate of drug-likeness (QED) is 0.829. The smallest absolute Gasteiger partial charge is 0.234 e. The molecule has 0 fully saturated rings. The second-order valence-electron chi connectivity index (χ2n) is 3.16. The first-order valence-corrected chi connectivity index (χ1v) is 4.71. The number of hydrogen-bond acceptors (Lipinski definition) is 5. The molecule has 2 rings (SSSR count). The van der Waals surface area contributed by atoms with Gasteiger partial charge in [-0.2, -0.15) is 0 Å². The first-order chi connectivity index (χ1) is 7.75. The van der Waals surface area contributed by atoms with E-state index in [0.29, 0.717) is 11.5 Å². The van der Waals surface area contributed by atoms with E-state index in [-0.39, 0.29) is 18.3 Å². The Labute approximate surface area is 91.7 Å². The average Bonchev–Trinajstić information content (AvgIpc) is 2.66. The lowest BCUT2D eigenvalue weighted by Gasteiger charge is -2.01. The number of nitrogens with zero attached hydrogens (tertiary/aromatic N) is 3. The minimum absolute atomic E-state index is 0.129. The highest BCUT2D eigenvalue weighted by Gasteiger charge is 2.10. The van der Waals surface area contributed by atoms with E-state index in [1.54, 1.807) is 25.4 Å². The standard InChI is InChI=1S/C10H10N4O2/c1-7-8(16-6-13-7)5-9(15)14-10-11-3-2-4-12-10/h2-4,6H,5H2,1H3,(H,11,12,14,15). The molecule has 0 saturated carbocycles. The van der Waals surface area contributed by atoms with Crippen LogP contribution < -0.4 is 5.32 Å². The van der Waals surface area contributed by atoms with E-state index in [0.717, 1.165) is 0 Å². The van der Waals surface area contributed by atoms with Crippen molar-refractivity contribution in [2.24, 2.45) is 0 Å². The zero-order valence-electron chi connectivity index (χ0n) is 8.67. The SMILES string of the molecule is Cc1ncoc1CC(=O)Nc1ncccn1. The highest BCUT2D eigenvalue weighted by Crippen LogP contribution is 2.06. The van der Waals surface area contributed by atoms with Crippen LogP contribution in [-0.2, 0) is 11.2 Å². The van der Waals surface area contributed by atoms with Gasteiger partial charge in [-0.25, -0.2) is 15.0 Å². The Morgan fingerprint density at radius 2 is 2.12 bits per heavy atom. The molecule has 0 radical (unpaired) electrons. The van der Waals surface area contributed by atoms with Crippen molar-refractivity contribution in [3.05, 3.63) is 36.3 Å². The molecule has 0 saturated heterocycles. The van der Waals surface area contributed by atoms with Crippen molar-refractivity contribution in [2.45, 2.75) is 13.3 Å². The summed E-state index contributed by atoms with van der Waals surface area (Å²) in [7, 11) is 0. The van der Waals surface area contributed by atoms with Crippen molar-refractivity contribution in [1.29, 1.82) is 0 Å². The molecule has 0 aromatic carbocycles. The maximum absolute atomic E-state index is 11.6. The molecule has 0 aliphatic carbocycles. The predicted molar refractivity (Wildman–Crippen MR) is 55.6 cm³/mol. The van der Waals surface area contributed by atoms with Crippen molar-refractivity contribution in [3.8, 4) is 0 Å². The second-order valence-corrected chi connectivity index (χ2v) is 3.16. The summed E-state index contributed by atoms with van der Waals surface area (Å²) in [5.74, 6) is 0.601. The van der Waals surface area contributed by atoms with Crippen molar-refractivity contribution in [2.75, 3.05) is 5.32 Å². The van der Waals surface area contributed by atoms with Crippen LogP contribution in [-0.4, -0.2) is 20.9 Å². The van der Waals surface area contributed by atoms with Crippen LogP contribution in [0.4, 0.5) is 5.95 Å². The lowest BCUT2D eigenvalue weighted by molar-refractivity contribution is -0.115. The summed E-state index contributed by atoms with van der Waals surface area (Å²) in [6.07, 6.45) is 4.56. The molecular weight excluding hydrogens is 208 g/mol. The predicted octanol–water partition coefficient (Wildman–Crippen LogP) is 0.954. The van der Waals surface area contributed by atoms with Crippen LogP contribution in [0, 0.1) is 6.92 Å². The molecule has 1 amide bonds. The van der Waals surface area contributed by atoms with Crippen molar-refractivity contribution >= 4 is 11.9 Å². The molecule has 16 heavy (non-hydrogen) atoms. The molecule has 0 atom stereocenters. The van der Waals surface area contributed by atoms with Crippen LogP contribution in [0.15, 0.2) is 29.3 Å². The van der Waals surface area contributed by atoms with Gasteiger partial charge in [-0.3, -0.25) is 10.1 Å². The van der Waals surface area contributed by atoms with Crippen molar-refractivity contribution in [1.82, 2.24) is 15.0 Å². The summed E-state index contributed by atoms with van der Waals surface area (Å²) in [6, 6.07) is 1.68. The summed E-state index contributed by atoms with van der Waals surface area (Å²) in [5.41, 5.74) is 0.712. The number of anilines is 1. The van der Waals surface area contributed by atoms with E-state index in [9.17, 15) is 4.79 Å². The van der Waals surface area contributed by atoms with Gasteiger partial charge in [-0.05, 0) is 13.0 Å². The van der Waals surface area contributed by atoms with Crippen LogP contribution in [0.3, 0.4) is 0 Å². The number of rotatable bonds is 3. The Morgan fingerprint density at radius 3 is 2.75 bits per heavy atom. The van der Waals surface area contributed by atoms with Gasteiger partial charge in [-0.15, -0.1) is 0 Å². The first kappa shape index (κ1) is 10.3. The van der Waals surface area contributed by atoms with E-state index >= 15 is 0 Å². The largest absolute Gasteiger partial charge is 0.448 e. The Bertz CT molecular complexity index is 481. The zero-order valence-corrected chi connectivity index (χ0v) is 8.67. The Kier molecular flexibility index (Phi) is 2.90. The lowest BCUT2D eigenvalue weighted by Crippen LogP contribution is -2.16. The molecule has 1 N–H and O–H groups in total. The molecule has 0 spiro atoms. The lowest BCUT2D eigenvalue weighted by atomic mass is 10.3. The fourth-order valence-corrected chi connectivity index (χ4v) is 1.17. The van der Waals surface area contributed by atoms with E-state index in [4.69, 9.17) is 4.42 Å². The number of nitrogens with one attached hydrogen (secondary N) is 1. The fourth-order valence-electron chi connectivity index (χ4n) is 1.17. The zero-order chi connectivity index (χ0) is 11.4. The van der Waals surface area contributed by atoms with Gasteiger partial charge in [-0.1, -0.05) is 0 Å². The second kappa shape index (κ2) is 4.52. The van der Waals surface area contributed by atoms with Gasteiger partial charge in [0, 0.05) is 12.4 Å². The number of carbonyl (C=O) groups is 1. The fraction of sp³-hybridized carbons (Fsp3) is 0.200. The number of hydrogen-bond donors (Lipinski definition) is 1. The maximum Gasteiger partial charge on any atom is 0.234 e. The molecule has 0 aliphatic heterocycles. The van der Waals surface area contributed by atoms with E-state index in [1.165, 1.54) is 6.39 Å². The van der Waals surface area contributed by atoms with E-state index in [1.807, 2.05) is 0 Å². The monoisotopic (exact) mass is 218 g/mol. The van der Waals surface area contributed by atoms with Gasteiger partial charge in [0.2, 0.25) is 11.9 Å². The van der Waals surface area contributed by atoms with Crippen LogP contribution in [0.5, 0.6) is 0 Å². The number of amides is 1. The highest BCUT2D eigenvalue weighted by molar-refractivity contribution is 5.90. The minimum atomic E-state index is -0.231. The van der Waals surface area contributed by atoms with Crippen LogP contribution in [0.2, 0.25) is 0 Å². The normalized spacial score (nSPS) is 10.1. The van der Waals surface area contributed by atoms with Gasteiger partial charge in [0.15, 0.2) is 6.39 Å². The third-order valence-electron chi connectivity index (χ3n) is 1.98. The maximum atomic E-state index is 11.6. The van der Waals surface area contributed by atoms with Gasteiger partial charge < -0.3 is 4.42 Å². The first-order valence-electron chi connectivity index (χ1n) is 4.71. The molecule has 2 aromatic rings. The number of aryl methyl sites for hydroxylation is 1. The van der Waals surface area contributed by atoms with E-state index < -0.39 is 0 Å². The van der Waals surface area contributed by atoms with Gasteiger partial charge in [0.25, 0.3) is 0 Å². The molecule has 0 bridgehead atoms. The Morgan fingerprint density at radius 1 is 1.38 bits per heavy atom. The summed E-state index contributed by atoms with van der Waals surface area (Å²) < 4.78 is 5.06. The van der Waals surface area contributed by atoms with Crippen LogP contribution in [0.25, 0.3) is 0 Å². The molecule has 2 aromatic heterocycles. The molecule has 2 heterocycles. The van der Waals surface area contributed by atoms with Gasteiger partial charge in [0.05, 0.1) is 12.1 Å². The third kappa shape index (κ3) is 2.41. The molecular formula is C10H10N4O2. The average molecular weight is 218 g/mol. The summed E-state index contributed by atoms with van der Waals surface area (Å²) in [5, 5.41) is 2.56. The van der Waals surface area contributed by atoms with Gasteiger partial charge in [0.1, 0.15) is 5.76 Å². The van der Waals surface area contributed by atoms with Crippen LogP contribution >= 0.6 is 0 Å². The third-order valence-corrected chi connectivity index (χ3v) is 1.98. The molecule has 6 nitrogen and oxygen atoms in total. The highest BCUT2D eigenvalue weighted by atomic mass is 16.3. The minimum Gasteiger partial charge on any atom is -0.448 e. The summed E-state index contributed by atoms with van der Waals surface area (Å²) >= 11 is 0. The van der Waals surface area contributed by atoms with Crippen LogP contribution in [0.1, 0.15) is 11.5 Å². The Hall–Kier alpha value is -2.24. The number of aromatic nitrogens is 3. The summed E-state index contributed by atoms with van der Waals surface area (Å²) in [6.45, 7) is 1.78. The number of oxazole rings is 1. The van der Waals surface area contributed by atoms with Gasteiger partial charge >= 0.3 is 0 Å². The molecule has 6 heteroatoms. The van der Waals surface area contributed by atoms with Crippen molar-refractivity contribution in [3.63, 3.8) is 0 Å². The molecule has 0 aliphatic rings. The molecule has 0 unspecified atom stereocenters. The molecule has 82 valence electrons. The summed E-state index contributed by atoms with van der Waals surface area (Å²) in [4.78, 5) is 23.2.